The lowest BCUT2D eigenvalue weighted by atomic mass is 10.1. The van der Waals surface area contributed by atoms with Crippen molar-refractivity contribution in [3.63, 3.8) is 0 Å². The molecule has 0 radical (unpaired) electrons. The lowest BCUT2D eigenvalue weighted by molar-refractivity contribution is 0.219. The molecule has 0 saturated heterocycles. The van der Waals surface area contributed by atoms with Gasteiger partial charge in [-0.3, -0.25) is 4.90 Å². The molecule has 0 fully saturated rings. The summed E-state index contributed by atoms with van der Waals surface area (Å²) in [5.74, 6) is 1.22. The van der Waals surface area contributed by atoms with Gasteiger partial charge in [-0.05, 0) is 44.5 Å². The van der Waals surface area contributed by atoms with Crippen LogP contribution >= 0.6 is 11.3 Å². The molecule has 114 valence electrons. The molecule has 0 aliphatic carbocycles. The van der Waals surface area contributed by atoms with E-state index in [1.807, 2.05) is 24.3 Å². The van der Waals surface area contributed by atoms with E-state index in [9.17, 15) is 0 Å². The molecule has 0 saturated carbocycles. The molecule has 2 aromatic heterocycles. The summed E-state index contributed by atoms with van der Waals surface area (Å²) in [6.45, 7) is 5.02. The minimum atomic E-state index is 0.0776. The fourth-order valence-electron chi connectivity index (χ4n) is 2.19. The zero-order valence-electron chi connectivity index (χ0n) is 13.0. The van der Waals surface area contributed by atoms with Crippen molar-refractivity contribution in [2.75, 3.05) is 7.05 Å². The zero-order valence-corrected chi connectivity index (χ0v) is 13.8. The van der Waals surface area contributed by atoms with Gasteiger partial charge in [-0.15, -0.1) is 21.5 Å². The lowest BCUT2D eigenvalue weighted by Crippen LogP contribution is -2.21. The summed E-state index contributed by atoms with van der Waals surface area (Å²) < 4.78 is 5.85. The number of nitrogens with zero attached hydrogens (tertiary/aromatic N) is 3. The van der Waals surface area contributed by atoms with Gasteiger partial charge in [0.15, 0.2) is 0 Å². The summed E-state index contributed by atoms with van der Waals surface area (Å²) in [6.07, 6.45) is 0. The van der Waals surface area contributed by atoms with Gasteiger partial charge in [0.2, 0.25) is 11.8 Å². The lowest BCUT2D eigenvalue weighted by Gasteiger charge is -2.20. The van der Waals surface area contributed by atoms with E-state index in [2.05, 4.69) is 53.5 Å². The van der Waals surface area contributed by atoms with Crippen molar-refractivity contribution in [2.45, 2.75) is 26.4 Å². The second-order valence-corrected chi connectivity index (χ2v) is 6.51. The van der Waals surface area contributed by atoms with E-state index in [1.54, 1.807) is 11.3 Å². The summed E-state index contributed by atoms with van der Waals surface area (Å²) in [7, 11) is 2.07. The normalized spacial score (nSPS) is 12.7. The van der Waals surface area contributed by atoms with Gasteiger partial charge in [0.25, 0.3) is 0 Å². The SMILES string of the molecule is Cc1ccc(-c2nnc([C@H](C)N(C)Cc3cccs3)o2)cc1. The molecular formula is C17H19N3OS. The van der Waals surface area contributed by atoms with Crippen LogP contribution in [0.3, 0.4) is 0 Å². The van der Waals surface area contributed by atoms with Crippen LogP contribution in [0.4, 0.5) is 0 Å². The van der Waals surface area contributed by atoms with Gasteiger partial charge in [-0.1, -0.05) is 23.8 Å². The van der Waals surface area contributed by atoms with Crippen molar-refractivity contribution >= 4 is 11.3 Å². The average Bonchev–Trinajstić information content (AvgIpc) is 3.18. The molecule has 0 amide bonds. The predicted octanol–water partition coefficient (Wildman–Crippen LogP) is 4.30. The number of hydrogen-bond donors (Lipinski definition) is 0. The van der Waals surface area contributed by atoms with E-state index in [0.29, 0.717) is 11.8 Å². The summed E-state index contributed by atoms with van der Waals surface area (Å²) >= 11 is 1.76. The molecule has 0 bridgehead atoms. The number of aryl methyl sites for hydroxylation is 1. The van der Waals surface area contributed by atoms with E-state index in [1.165, 1.54) is 10.4 Å². The third kappa shape index (κ3) is 3.26. The summed E-state index contributed by atoms with van der Waals surface area (Å²) in [6, 6.07) is 12.4. The molecule has 1 atom stereocenters. The highest BCUT2D eigenvalue weighted by molar-refractivity contribution is 7.09. The Morgan fingerprint density at radius 2 is 1.95 bits per heavy atom. The summed E-state index contributed by atoms with van der Waals surface area (Å²) in [5.41, 5.74) is 2.17. The average molecular weight is 313 g/mol. The van der Waals surface area contributed by atoms with Crippen molar-refractivity contribution in [3.05, 3.63) is 58.1 Å². The van der Waals surface area contributed by atoms with Crippen LogP contribution < -0.4 is 0 Å². The van der Waals surface area contributed by atoms with Crippen LogP contribution in [-0.4, -0.2) is 22.1 Å². The Hall–Kier alpha value is -1.98. The maximum Gasteiger partial charge on any atom is 0.247 e. The van der Waals surface area contributed by atoms with E-state index in [-0.39, 0.29) is 6.04 Å². The van der Waals surface area contributed by atoms with Crippen molar-refractivity contribution in [1.29, 1.82) is 0 Å². The Labute approximate surface area is 134 Å². The molecule has 2 heterocycles. The van der Waals surface area contributed by atoms with Gasteiger partial charge >= 0.3 is 0 Å². The van der Waals surface area contributed by atoms with Gasteiger partial charge < -0.3 is 4.42 Å². The first-order chi connectivity index (χ1) is 10.6. The first-order valence-corrected chi connectivity index (χ1v) is 8.14. The number of benzene rings is 1. The predicted molar refractivity (Wildman–Crippen MR) is 88.7 cm³/mol. The second-order valence-electron chi connectivity index (χ2n) is 5.48. The molecular weight excluding hydrogens is 294 g/mol. The molecule has 0 aliphatic rings. The molecule has 1 aromatic carbocycles. The molecule has 0 spiro atoms. The highest BCUT2D eigenvalue weighted by Gasteiger charge is 2.19. The van der Waals surface area contributed by atoms with Crippen LogP contribution in [0.5, 0.6) is 0 Å². The molecule has 0 N–H and O–H groups in total. The van der Waals surface area contributed by atoms with Crippen molar-refractivity contribution in [3.8, 4) is 11.5 Å². The first-order valence-electron chi connectivity index (χ1n) is 7.26. The molecule has 5 heteroatoms. The van der Waals surface area contributed by atoms with Crippen molar-refractivity contribution in [2.24, 2.45) is 0 Å². The Bertz CT molecular complexity index is 719. The maximum absolute atomic E-state index is 5.85. The number of aromatic nitrogens is 2. The molecule has 3 aromatic rings. The van der Waals surface area contributed by atoms with E-state index in [4.69, 9.17) is 4.42 Å². The van der Waals surface area contributed by atoms with Gasteiger partial charge in [0.05, 0.1) is 6.04 Å². The quantitative estimate of drug-likeness (QED) is 0.704. The van der Waals surface area contributed by atoms with Crippen LogP contribution in [0.25, 0.3) is 11.5 Å². The topological polar surface area (TPSA) is 42.2 Å². The minimum Gasteiger partial charge on any atom is -0.419 e. The Morgan fingerprint density at radius 3 is 2.64 bits per heavy atom. The second kappa shape index (κ2) is 6.42. The highest BCUT2D eigenvalue weighted by atomic mass is 32.1. The largest absolute Gasteiger partial charge is 0.419 e. The van der Waals surface area contributed by atoms with Gasteiger partial charge in [0.1, 0.15) is 0 Å². The molecule has 3 rings (SSSR count). The molecule has 22 heavy (non-hydrogen) atoms. The van der Waals surface area contributed by atoms with Crippen LogP contribution in [-0.2, 0) is 6.54 Å². The van der Waals surface area contributed by atoms with Crippen LogP contribution in [0.2, 0.25) is 0 Å². The standard InChI is InChI=1S/C17H19N3OS/c1-12-6-8-14(9-7-12)17-19-18-16(21-17)13(2)20(3)11-15-5-4-10-22-15/h4-10,13H,11H2,1-3H3/t13-/m0/s1. The third-order valence-electron chi connectivity index (χ3n) is 3.74. The molecule has 4 nitrogen and oxygen atoms in total. The van der Waals surface area contributed by atoms with E-state index >= 15 is 0 Å². The Balaban J connectivity index is 1.73. The maximum atomic E-state index is 5.85. The Kier molecular flexibility index (Phi) is 4.36. The number of rotatable bonds is 5. The van der Waals surface area contributed by atoms with E-state index in [0.717, 1.165) is 12.1 Å². The van der Waals surface area contributed by atoms with Gasteiger partial charge in [-0.2, -0.15) is 0 Å². The monoisotopic (exact) mass is 313 g/mol. The zero-order chi connectivity index (χ0) is 15.5. The van der Waals surface area contributed by atoms with Crippen LogP contribution in [0, 0.1) is 6.92 Å². The molecule has 0 aliphatic heterocycles. The smallest absolute Gasteiger partial charge is 0.247 e. The van der Waals surface area contributed by atoms with Gasteiger partial charge in [0, 0.05) is 17.0 Å². The Morgan fingerprint density at radius 1 is 1.18 bits per heavy atom. The highest BCUT2D eigenvalue weighted by Crippen LogP contribution is 2.25. The van der Waals surface area contributed by atoms with Crippen molar-refractivity contribution in [1.82, 2.24) is 15.1 Å². The summed E-state index contributed by atoms with van der Waals surface area (Å²) in [4.78, 5) is 3.53. The number of hydrogen-bond acceptors (Lipinski definition) is 5. The van der Waals surface area contributed by atoms with Gasteiger partial charge in [-0.25, -0.2) is 0 Å². The van der Waals surface area contributed by atoms with Crippen LogP contribution in [0.1, 0.15) is 29.3 Å². The van der Waals surface area contributed by atoms with Crippen LogP contribution in [0.15, 0.2) is 46.2 Å². The minimum absolute atomic E-state index is 0.0776. The summed E-state index contributed by atoms with van der Waals surface area (Å²) in [5, 5.41) is 10.5. The van der Waals surface area contributed by atoms with Crippen molar-refractivity contribution < 1.29 is 4.42 Å². The fourth-order valence-corrected chi connectivity index (χ4v) is 2.96. The van der Waals surface area contributed by atoms with E-state index < -0.39 is 0 Å². The third-order valence-corrected chi connectivity index (χ3v) is 4.60. The first kappa shape index (κ1) is 14.9. The molecule has 0 unspecified atom stereocenters. The fraction of sp³-hybridized carbons (Fsp3) is 0.294. The number of thiophene rings is 1.